The van der Waals surface area contributed by atoms with Gasteiger partial charge in [-0.1, -0.05) is 0 Å². The number of hydrogen-bond acceptors (Lipinski definition) is 7. The van der Waals surface area contributed by atoms with E-state index in [-0.39, 0.29) is 0 Å². The Bertz CT molecular complexity index is 715. The molecule has 0 aromatic carbocycles. The molecule has 1 fully saturated rings. The minimum absolute atomic E-state index is 0.468. The molecule has 22 heavy (non-hydrogen) atoms. The Morgan fingerprint density at radius 1 is 1.32 bits per heavy atom. The van der Waals surface area contributed by atoms with Crippen LogP contribution in [0.3, 0.4) is 0 Å². The van der Waals surface area contributed by atoms with Crippen molar-refractivity contribution in [2.45, 2.75) is 43.4 Å². The summed E-state index contributed by atoms with van der Waals surface area (Å²) >= 11 is 1.32. The molecule has 0 spiro atoms. The molecule has 0 radical (unpaired) electrons. The van der Waals surface area contributed by atoms with Gasteiger partial charge in [0.05, 0.1) is 17.8 Å². The Kier molecular flexibility index (Phi) is 4.41. The second-order valence-electron chi connectivity index (χ2n) is 5.38. The van der Waals surface area contributed by atoms with E-state index in [9.17, 15) is 5.26 Å². The zero-order chi connectivity index (χ0) is 15.5. The summed E-state index contributed by atoms with van der Waals surface area (Å²) in [6.45, 7) is 6.62. The molecule has 1 aliphatic rings. The van der Waals surface area contributed by atoms with Crippen molar-refractivity contribution in [2.24, 2.45) is 0 Å². The van der Waals surface area contributed by atoms with E-state index in [0.29, 0.717) is 23.2 Å². The van der Waals surface area contributed by atoms with Gasteiger partial charge >= 0.3 is 0 Å². The zero-order valence-electron chi connectivity index (χ0n) is 12.7. The van der Waals surface area contributed by atoms with Gasteiger partial charge in [0.25, 0.3) is 5.22 Å². The smallest absolute Gasteiger partial charge is 0.281 e. The van der Waals surface area contributed by atoms with Gasteiger partial charge in [0, 0.05) is 10.6 Å². The fourth-order valence-corrected chi connectivity index (χ4v) is 3.51. The van der Waals surface area contributed by atoms with Gasteiger partial charge < -0.3 is 4.42 Å². The van der Waals surface area contributed by atoms with E-state index < -0.39 is 0 Å². The quantitative estimate of drug-likeness (QED) is 0.858. The third-order valence-electron chi connectivity index (χ3n) is 3.61. The normalized spacial score (nSPS) is 15.1. The molecule has 2 aromatic rings. The molecule has 0 bridgehead atoms. The molecule has 114 valence electrons. The van der Waals surface area contributed by atoms with Crippen LogP contribution in [0, 0.1) is 25.2 Å². The molecular weight excluding hydrogens is 298 g/mol. The first-order valence-corrected chi connectivity index (χ1v) is 8.08. The summed E-state index contributed by atoms with van der Waals surface area (Å²) in [7, 11) is 0. The topological polar surface area (TPSA) is 78.8 Å². The molecule has 0 N–H and O–H groups in total. The van der Waals surface area contributed by atoms with Crippen LogP contribution in [0.1, 0.15) is 35.7 Å². The first kappa shape index (κ1) is 15.0. The monoisotopic (exact) mass is 315 g/mol. The number of pyridine rings is 1. The fourth-order valence-electron chi connectivity index (χ4n) is 2.58. The van der Waals surface area contributed by atoms with E-state index in [2.05, 4.69) is 26.2 Å². The average Bonchev–Trinajstić information content (AvgIpc) is 3.11. The van der Waals surface area contributed by atoms with Gasteiger partial charge in [0.2, 0.25) is 5.89 Å². The number of aromatic nitrogens is 3. The molecule has 0 saturated carbocycles. The molecule has 2 aromatic heterocycles. The van der Waals surface area contributed by atoms with Crippen molar-refractivity contribution in [3.05, 3.63) is 28.9 Å². The van der Waals surface area contributed by atoms with Crippen molar-refractivity contribution < 1.29 is 4.42 Å². The van der Waals surface area contributed by atoms with Gasteiger partial charge in [0.15, 0.2) is 0 Å². The van der Waals surface area contributed by atoms with E-state index in [0.717, 1.165) is 29.4 Å². The first-order chi connectivity index (χ1) is 10.7. The predicted octanol–water partition coefficient (Wildman–Crippen LogP) is 2.70. The van der Waals surface area contributed by atoms with Crippen LogP contribution < -0.4 is 0 Å². The minimum atomic E-state index is 0.468. The van der Waals surface area contributed by atoms with E-state index in [1.54, 1.807) is 0 Å². The largest absolute Gasteiger partial charge is 0.414 e. The van der Waals surface area contributed by atoms with Crippen molar-refractivity contribution in [3.8, 4) is 6.07 Å². The molecule has 1 saturated heterocycles. The van der Waals surface area contributed by atoms with E-state index in [1.807, 2.05) is 19.9 Å². The highest BCUT2D eigenvalue weighted by molar-refractivity contribution is 7.99. The third-order valence-corrected chi connectivity index (χ3v) is 4.49. The van der Waals surface area contributed by atoms with Crippen molar-refractivity contribution in [3.63, 3.8) is 0 Å². The fraction of sp³-hybridized carbons (Fsp3) is 0.467. The van der Waals surface area contributed by atoms with E-state index in [1.165, 1.54) is 24.6 Å². The van der Waals surface area contributed by atoms with Gasteiger partial charge in [-0.05, 0) is 57.6 Å². The highest BCUT2D eigenvalue weighted by atomic mass is 32.2. The lowest BCUT2D eigenvalue weighted by Gasteiger charge is -2.10. The zero-order valence-corrected chi connectivity index (χ0v) is 13.5. The first-order valence-electron chi connectivity index (χ1n) is 7.26. The highest BCUT2D eigenvalue weighted by Gasteiger charge is 2.17. The lowest BCUT2D eigenvalue weighted by molar-refractivity contribution is 0.278. The van der Waals surface area contributed by atoms with Crippen LogP contribution in [0.25, 0.3) is 0 Å². The molecular formula is C15H17N5OS. The standard InChI is InChI=1S/C15H17N5OS/c1-10-7-13(12(8-16)11(2)17-10)22-15-19-18-14(21-15)9-20-5-3-4-6-20/h7H,3-6,9H2,1-2H3. The summed E-state index contributed by atoms with van der Waals surface area (Å²) < 4.78 is 5.70. The van der Waals surface area contributed by atoms with Crippen molar-refractivity contribution in [1.82, 2.24) is 20.1 Å². The summed E-state index contributed by atoms with van der Waals surface area (Å²) in [6, 6.07) is 4.07. The Morgan fingerprint density at radius 2 is 2.09 bits per heavy atom. The number of nitrogens with zero attached hydrogens (tertiary/aromatic N) is 5. The summed E-state index contributed by atoms with van der Waals surface area (Å²) in [4.78, 5) is 7.43. The van der Waals surface area contributed by atoms with E-state index >= 15 is 0 Å². The minimum Gasteiger partial charge on any atom is -0.414 e. The predicted molar refractivity (Wildman–Crippen MR) is 81.4 cm³/mol. The molecule has 0 amide bonds. The van der Waals surface area contributed by atoms with Gasteiger partial charge in [0.1, 0.15) is 6.07 Å². The van der Waals surface area contributed by atoms with Gasteiger partial charge in [-0.25, -0.2) is 0 Å². The lowest BCUT2D eigenvalue weighted by Crippen LogP contribution is -2.18. The maximum Gasteiger partial charge on any atom is 0.281 e. The van der Waals surface area contributed by atoms with Crippen LogP contribution >= 0.6 is 11.8 Å². The van der Waals surface area contributed by atoms with Gasteiger partial charge in [-0.3, -0.25) is 9.88 Å². The van der Waals surface area contributed by atoms with E-state index in [4.69, 9.17) is 4.42 Å². The summed E-state index contributed by atoms with van der Waals surface area (Å²) in [6.07, 6.45) is 2.47. The average molecular weight is 315 g/mol. The molecule has 7 heteroatoms. The molecule has 6 nitrogen and oxygen atoms in total. The summed E-state index contributed by atoms with van der Waals surface area (Å²) in [5.74, 6) is 0.630. The summed E-state index contributed by atoms with van der Waals surface area (Å²) in [5.41, 5.74) is 2.16. The molecule has 0 aliphatic carbocycles. The van der Waals surface area contributed by atoms with Crippen LogP contribution in [0.15, 0.2) is 20.6 Å². The highest BCUT2D eigenvalue weighted by Crippen LogP contribution is 2.31. The SMILES string of the molecule is Cc1cc(Sc2nnc(CN3CCCC3)o2)c(C#N)c(C)n1. The van der Waals surface area contributed by atoms with Crippen LogP contribution in [-0.4, -0.2) is 33.2 Å². The maximum atomic E-state index is 9.29. The lowest BCUT2D eigenvalue weighted by atomic mass is 10.2. The van der Waals surface area contributed by atoms with Gasteiger partial charge in [-0.15, -0.1) is 10.2 Å². The second-order valence-corrected chi connectivity index (χ2v) is 6.37. The molecule has 0 atom stereocenters. The molecule has 1 aliphatic heterocycles. The Morgan fingerprint density at radius 3 is 2.82 bits per heavy atom. The van der Waals surface area contributed by atoms with Gasteiger partial charge in [-0.2, -0.15) is 5.26 Å². The Labute approximate surface area is 133 Å². The number of hydrogen-bond donors (Lipinski definition) is 0. The number of nitriles is 1. The molecule has 3 heterocycles. The third kappa shape index (κ3) is 3.29. The number of likely N-dealkylation sites (tertiary alicyclic amines) is 1. The van der Waals surface area contributed by atoms with Crippen molar-refractivity contribution >= 4 is 11.8 Å². The summed E-state index contributed by atoms with van der Waals surface area (Å²) in [5, 5.41) is 17.9. The molecule has 0 unspecified atom stereocenters. The second kappa shape index (κ2) is 6.46. The number of rotatable bonds is 4. The van der Waals surface area contributed by atoms with Crippen LogP contribution in [-0.2, 0) is 6.54 Å². The molecule has 3 rings (SSSR count). The number of aryl methyl sites for hydroxylation is 2. The Balaban J connectivity index is 1.76. The van der Waals surface area contributed by atoms with Crippen molar-refractivity contribution in [2.75, 3.05) is 13.1 Å². The van der Waals surface area contributed by atoms with Crippen LogP contribution in [0.2, 0.25) is 0 Å². The van der Waals surface area contributed by atoms with Crippen LogP contribution in [0.5, 0.6) is 0 Å². The van der Waals surface area contributed by atoms with Crippen LogP contribution in [0.4, 0.5) is 0 Å². The van der Waals surface area contributed by atoms with Crippen molar-refractivity contribution in [1.29, 1.82) is 5.26 Å². The maximum absolute atomic E-state index is 9.29. The Hall–Kier alpha value is -1.91.